The van der Waals surface area contributed by atoms with Crippen LogP contribution in [-0.4, -0.2) is 65.0 Å². The van der Waals surface area contributed by atoms with E-state index in [9.17, 15) is 22.8 Å². The van der Waals surface area contributed by atoms with Gasteiger partial charge in [0.25, 0.3) is 5.91 Å². The van der Waals surface area contributed by atoms with Gasteiger partial charge in [0, 0.05) is 37.7 Å². The monoisotopic (exact) mass is 397 g/mol. The number of nitrogens with zero attached hydrogens (tertiary/aromatic N) is 4. The number of hydrogen-bond acceptors (Lipinski definition) is 4. The Kier molecular flexibility index (Phi) is 6.79. The molecule has 2 aromatic rings. The minimum absolute atomic E-state index is 0.0509. The van der Waals surface area contributed by atoms with Crippen LogP contribution in [0.5, 0.6) is 0 Å². The van der Waals surface area contributed by atoms with Crippen molar-refractivity contribution in [2.45, 2.75) is 19.3 Å². The molecule has 0 radical (unpaired) electrons. The molecular formula is C18H22F3N5O2. The summed E-state index contributed by atoms with van der Waals surface area (Å²) in [7, 11) is 4.87. The van der Waals surface area contributed by atoms with Gasteiger partial charge in [-0.3, -0.25) is 14.5 Å². The molecule has 0 aliphatic carbocycles. The number of likely N-dealkylation sites (N-methyl/N-ethyl adjacent to an activating group) is 1. The number of carbonyl (C=O) groups is 2. The maximum Gasteiger partial charge on any atom is 0.406 e. The Hall–Kier alpha value is -2.88. The number of anilines is 1. The largest absolute Gasteiger partial charge is 0.406 e. The second-order valence-electron chi connectivity index (χ2n) is 6.59. The van der Waals surface area contributed by atoms with Gasteiger partial charge >= 0.3 is 6.18 Å². The second kappa shape index (κ2) is 8.87. The fourth-order valence-corrected chi connectivity index (χ4v) is 2.56. The minimum atomic E-state index is -4.35. The van der Waals surface area contributed by atoms with Gasteiger partial charge in [-0.25, -0.2) is 4.98 Å². The number of hydrogen-bond donors (Lipinski definition) is 1. The van der Waals surface area contributed by atoms with Crippen LogP contribution in [0.3, 0.4) is 0 Å². The lowest BCUT2D eigenvalue weighted by Gasteiger charge is -2.18. The van der Waals surface area contributed by atoms with Crippen LogP contribution in [0.4, 0.5) is 18.9 Å². The predicted octanol–water partition coefficient (Wildman–Crippen LogP) is 2.22. The van der Waals surface area contributed by atoms with Crippen LogP contribution in [0.15, 0.2) is 36.7 Å². The third kappa shape index (κ3) is 6.38. The SMILES string of the molecule is CN(CC(=O)Nc1cccc(C(=O)N(C)C)c1)Cc1nccn1CC(F)(F)F. The van der Waals surface area contributed by atoms with E-state index in [-0.39, 0.29) is 30.7 Å². The molecule has 10 heteroatoms. The number of aromatic nitrogens is 2. The first-order valence-electron chi connectivity index (χ1n) is 8.42. The molecule has 0 fully saturated rings. The summed E-state index contributed by atoms with van der Waals surface area (Å²) in [6.07, 6.45) is -1.80. The first-order valence-corrected chi connectivity index (χ1v) is 8.42. The Morgan fingerprint density at radius 1 is 1.21 bits per heavy atom. The number of amides is 2. The maximum absolute atomic E-state index is 12.6. The van der Waals surface area contributed by atoms with Crippen LogP contribution >= 0.6 is 0 Å². The molecule has 0 unspecified atom stereocenters. The van der Waals surface area contributed by atoms with E-state index >= 15 is 0 Å². The lowest BCUT2D eigenvalue weighted by molar-refractivity contribution is -0.141. The van der Waals surface area contributed by atoms with Gasteiger partial charge in [0.2, 0.25) is 5.91 Å². The van der Waals surface area contributed by atoms with Crippen molar-refractivity contribution in [3.05, 3.63) is 48.0 Å². The van der Waals surface area contributed by atoms with Crippen LogP contribution in [0.2, 0.25) is 0 Å². The molecule has 0 saturated carbocycles. The van der Waals surface area contributed by atoms with Crippen molar-refractivity contribution in [2.24, 2.45) is 0 Å². The van der Waals surface area contributed by atoms with E-state index in [1.165, 1.54) is 17.3 Å². The highest BCUT2D eigenvalue weighted by molar-refractivity contribution is 5.97. The summed E-state index contributed by atoms with van der Waals surface area (Å²) in [5, 5.41) is 2.68. The molecule has 0 saturated heterocycles. The van der Waals surface area contributed by atoms with E-state index in [1.54, 1.807) is 50.3 Å². The van der Waals surface area contributed by atoms with Crippen molar-refractivity contribution in [2.75, 3.05) is 33.0 Å². The van der Waals surface area contributed by atoms with Crippen LogP contribution in [-0.2, 0) is 17.9 Å². The third-order valence-electron chi connectivity index (χ3n) is 3.78. The van der Waals surface area contributed by atoms with Crippen molar-refractivity contribution >= 4 is 17.5 Å². The summed E-state index contributed by atoms with van der Waals surface area (Å²) in [5.74, 6) is -0.332. The molecule has 7 nitrogen and oxygen atoms in total. The van der Waals surface area contributed by atoms with Crippen molar-refractivity contribution in [1.29, 1.82) is 0 Å². The molecule has 2 rings (SSSR count). The molecule has 1 N–H and O–H groups in total. The predicted molar refractivity (Wildman–Crippen MR) is 97.7 cm³/mol. The van der Waals surface area contributed by atoms with E-state index in [1.807, 2.05) is 0 Å². The molecular weight excluding hydrogens is 375 g/mol. The summed E-state index contributed by atoms with van der Waals surface area (Å²) < 4.78 is 38.7. The second-order valence-corrected chi connectivity index (χ2v) is 6.59. The van der Waals surface area contributed by atoms with Gasteiger partial charge in [-0.15, -0.1) is 0 Å². The molecule has 0 aliphatic heterocycles. The quantitative estimate of drug-likeness (QED) is 0.778. The zero-order valence-corrected chi connectivity index (χ0v) is 15.8. The van der Waals surface area contributed by atoms with Crippen LogP contribution in [0, 0.1) is 0 Å². The number of halogens is 3. The Morgan fingerprint density at radius 2 is 1.93 bits per heavy atom. The molecule has 0 bridgehead atoms. The number of nitrogens with one attached hydrogen (secondary N) is 1. The van der Waals surface area contributed by atoms with Crippen LogP contribution < -0.4 is 5.32 Å². The van der Waals surface area contributed by atoms with Gasteiger partial charge < -0.3 is 14.8 Å². The van der Waals surface area contributed by atoms with Crippen molar-refractivity contribution in [3.63, 3.8) is 0 Å². The first kappa shape index (κ1) is 21.4. The topological polar surface area (TPSA) is 70.5 Å². The lowest BCUT2D eigenvalue weighted by Crippen LogP contribution is -2.31. The molecule has 28 heavy (non-hydrogen) atoms. The molecule has 1 aromatic carbocycles. The van der Waals surface area contributed by atoms with Gasteiger partial charge in [-0.2, -0.15) is 13.2 Å². The summed E-state index contributed by atoms with van der Waals surface area (Å²) >= 11 is 0. The smallest absolute Gasteiger partial charge is 0.345 e. The summed E-state index contributed by atoms with van der Waals surface area (Å²) in [6, 6.07) is 6.52. The number of imidazole rings is 1. The van der Waals surface area contributed by atoms with Gasteiger partial charge in [0.15, 0.2) is 0 Å². The van der Waals surface area contributed by atoms with E-state index in [0.29, 0.717) is 11.3 Å². The van der Waals surface area contributed by atoms with E-state index in [4.69, 9.17) is 0 Å². The molecule has 0 atom stereocenters. The first-order chi connectivity index (χ1) is 13.0. The zero-order valence-electron chi connectivity index (χ0n) is 15.8. The summed E-state index contributed by atoms with van der Waals surface area (Å²) in [4.78, 5) is 31.1. The minimum Gasteiger partial charge on any atom is -0.345 e. The molecule has 0 aliphatic rings. The fourth-order valence-electron chi connectivity index (χ4n) is 2.56. The highest BCUT2D eigenvalue weighted by Gasteiger charge is 2.29. The van der Waals surface area contributed by atoms with E-state index in [2.05, 4.69) is 10.3 Å². The number of carbonyl (C=O) groups excluding carboxylic acids is 2. The summed E-state index contributed by atoms with van der Waals surface area (Å²) in [5.41, 5.74) is 0.898. The van der Waals surface area contributed by atoms with Crippen molar-refractivity contribution < 1.29 is 22.8 Å². The van der Waals surface area contributed by atoms with E-state index in [0.717, 1.165) is 4.57 Å². The maximum atomic E-state index is 12.6. The number of rotatable bonds is 7. The van der Waals surface area contributed by atoms with Gasteiger partial charge in [-0.1, -0.05) is 6.07 Å². The fraction of sp³-hybridized carbons (Fsp3) is 0.389. The van der Waals surface area contributed by atoms with Gasteiger partial charge in [0.05, 0.1) is 13.1 Å². The number of alkyl halides is 3. The summed E-state index contributed by atoms with van der Waals surface area (Å²) in [6.45, 7) is -1.10. The molecule has 0 spiro atoms. The van der Waals surface area contributed by atoms with Gasteiger partial charge in [-0.05, 0) is 25.2 Å². The lowest BCUT2D eigenvalue weighted by atomic mass is 10.2. The Morgan fingerprint density at radius 3 is 2.57 bits per heavy atom. The average molecular weight is 397 g/mol. The average Bonchev–Trinajstić information content (AvgIpc) is 2.98. The molecule has 1 heterocycles. The Balaban J connectivity index is 1.94. The van der Waals surface area contributed by atoms with Gasteiger partial charge in [0.1, 0.15) is 12.4 Å². The van der Waals surface area contributed by atoms with Crippen LogP contribution in [0.25, 0.3) is 0 Å². The molecule has 152 valence electrons. The normalized spacial score (nSPS) is 11.5. The van der Waals surface area contributed by atoms with E-state index < -0.39 is 12.7 Å². The standard InChI is InChI=1S/C18H22F3N5O2/c1-24(2)17(28)13-5-4-6-14(9-13)23-16(27)11-25(3)10-15-22-7-8-26(15)12-18(19,20)21/h4-9H,10-12H2,1-3H3,(H,23,27). The highest BCUT2D eigenvalue weighted by Crippen LogP contribution is 2.18. The van der Waals surface area contributed by atoms with Crippen molar-refractivity contribution in [1.82, 2.24) is 19.4 Å². The number of benzene rings is 1. The zero-order chi connectivity index (χ0) is 20.9. The Labute approximate surface area is 160 Å². The Bertz CT molecular complexity index is 833. The molecule has 1 aromatic heterocycles. The highest BCUT2D eigenvalue weighted by atomic mass is 19.4. The molecule has 2 amide bonds. The third-order valence-corrected chi connectivity index (χ3v) is 3.78. The van der Waals surface area contributed by atoms with Crippen molar-refractivity contribution in [3.8, 4) is 0 Å². The van der Waals surface area contributed by atoms with Crippen LogP contribution in [0.1, 0.15) is 16.2 Å².